The molecule has 2 aromatic rings. The van der Waals surface area contributed by atoms with Crippen molar-refractivity contribution in [2.45, 2.75) is 31.5 Å². The number of rotatable bonds is 4. The van der Waals surface area contributed by atoms with Gasteiger partial charge in [0.2, 0.25) is 0 Å². The number of nitrogens with two attached hydrogens (primary N) is 1. The minimum absolute atomic E-state index is 0.132. The number of alkyl halides is 3. The summed E-state index contributed by atoms with van der Waals surface area (Å²) < 4.78 is 44.5. The molecule has 1 unspecified atom stereocenters. The van der Waals surface area contributed by atoms with E-state index in [1.54, 1.807) is 31.4 Å². The van der Waals surface area contributed by atoms with Gasteiger partial charge in [0, 0.05) is 23.0 Å². The van der Waals surface area contributed by atoms with Gasteiger partial charge >= 0.3 is 6.18 Å². The first-order valence-electron chi connectivity index (χ1n) is 9.54. The van der Waals surface area contributed by atoms with Gasteiger partial charge in [0.1, 0.15) is 5.75 Å². The second-order valence-corrected chi connectivity index (χ2v) is 7.40. The van der Waals surface area contributed by atoms with Crippen LogP contribution in [0, 0.1) is 0 Å². The average Bonchev–Trinajstić information content (AvgIpc) is 2.74. The molecule has 1 aliphatic rings. The van der Waals surface area contributed by atoms with Crippen LogP contribution in [0.5, 0.6) is 5.75 Å². The summed E-state index contributed by atoms with van der Waals surface area (Å²) in [6.07, 6.45) is -1.27. The van der Waals surface area contributed by atoms with E-state index >= 15 is 0 Å². The highest BCUT2D eigenvalue weighted by Crippen LogP contribution is 2.35. The van der Waals surface area contributed by atoms with Crippen LogP contribution in [-0.4, -0.2) is 24.8 Å². The third-order valence-electron chi connectivity index (χ3n) is 4.97. The first-order chi connectivity index (χ1) is 14.7. The third-order valence-corrected chi connectivity index (χ3v) is 5.30. The monoisotopic (exact) mass is 451 g/mol. The van der Waals surface area contributed by atoms with E-state index < -0.39 is 28.7 Å². The number of amides is 1. The number of hydrogen-bond donors (Lipinski definition) is 2. The molecule has 0 aliphatic heterocycles. The van der Waals surface area contributed by atoms with Gasteiger partial charge in [-0.3, -0.25) is 9.79 Å². The fourth-order valence-corrected chi connectivity index (χ4v) is 3.62. The Hall–Kier alpha value is -3.00. The Kier molecular flexibility index (Phi) is 6.90. The number of carbonyl (C=O) groups excluding carboxylic acids is 1. The van der Waals surface area contributed by atoms with Crippen LogP contribution in [0.3, 0.4) is 0 Å². The van der Waals surface area contributed by atoms with E-state index in [-0.39, 0.29) is 5.56 Å². The standard InChI is InChI=1S/C22H21ClF3N3O2/c1-31-15-8-6-14(7-9-15)28-19-3-2-4-20(16(19)12-27)29-21(30)13-5-10-18(23)17(11-13)22(24,25)26/h5-12,20H,2-4,27H2,1H3,(H,29,30)/b16-12+,28-19?. The van der Waals surface area contributed by atoms with Crippen molar-refractivity contribution in [1.29, 1.82) is 0 Å². The van der Waals surface area contributed by atoms with Crippen molar-refractivity contribution in [1.82, 2.24) is 5.32 Å². The van der Waals surface area contributed by atoms with Crippen molar-refractivity contribution >= 4 is 28.9 Å². The number of methoxy groups -OCH3 is 1. The quantitative estimate of drug-likeness (QED) is 0.665. The molecule has 5 nitrogen and oxygen atoms in total. The van der Waals surface area contributed by atoms with Crippen LogP contribution >= 0.6 is 11.6 Å². The predicted octanol–water partition coefficient (Wildman–Crippen LogP) is 5.27. The Morgan fingerprint density at radius 3 is 2.58 bits per heavy atom. The second-order valence-electron chi connectivity index (χ2n) is 6.99. The minimum atomic E-state index is -4.65. The fraction of sp³-hybridized carbons (Fsp3) is 0.273. The summed E-state index contributed by atoms with van der Waals surface area (Å²) in [5.74, 6) is 0.0609. The molecule has 3 N–H and O–H groups in total. The van der Waals surface area contributed by atoms with Crippen molar-refractivity contribution in [3.8, 4) is 5.75 Å². The summed E-state index contributed by atoms with van der Waals surface area (Å²) in [5.41, 5.74) is 6.69. The van der Waals surface area contributed by atoms with Crippen LogP contribution in [0.4, 0.5) is 18.9 Å². The maximum Gasteiger partial charge on any atom is 0.417 e. The molecule has 0 bridgehead atoms. The molecule has 2 aromatic carbocycles. The molecule has 31 heavy (non-hydrogen) atoms. The highest BCUT2D eigenvalue weighted by Gasteiger charge is 2.34. The van der Waals surface area contributed by atoms with Crippen LogP contribution in [0.1, 0.15) is 35.2 Å². The van der Waals surface area contributed by atoms with Gasteiger partial charge in [-0.1, -0.05) is 11.6 Å². The molecule has 3 rings (SSSR count). The average molecular weight is 452 g/mol. The van der Waals surface area contributed by atoms with E-state index in [4.69, 9.17) is 22.1 Å². The molecule has 0 aromatic heterocycles. The van der Waals surface area contributed by atoms with E-state index in [1.165, 1.54) is 12.3 Å². The van der Waals surface area contributed by atoms with E-state index in [0.29, 0.717) is 29.9 Å². The Balaban J connectivity index is 1.81. The minimum Gasteiger partial charge on any atom is -0.497 e. The van der Waals surface area contributed by atoms with Crippen molar-refractivity contribution in [3.05, 3.63) is 70.4 Å². The van der Waals surface area contributed by atoms with E-state index in [9.17, 15) is 18.0 Å². The third kappa shape index (κ3) is 5.38. The van der Waals surface area contributed by atoms with Crippen molar-refractivity contribution in [3.63, 3.8) is 0 Å². The number of ether oxygens (including phenoxy) is 1. The number of nitrogens with one attached hydrogen (secondary N) is 1. The molecule has 9 heteroatoms. The Labute approximate surface area is 182 Å². The molecule has 1 atom stereocenters. The fourth-order valence-electron chi connectivity index (χ4n) is 3.40. The molecule has 0 heterocycles. The first kappa shape index (κ1) is 22.7. The number of hydrogen-bond acceptors (Lipinski definition) is 4. The molecule has 0 radical (unpaired) electrons. The summed E-state index contributed by atoms with van der Waals surface area (Å²) in [6.45, 7) is 0. The zero-order chi connectivity index (χ0) is 22.6. The summed E-state index contributed by atoms with van der Waals surface area (Å²) in [6, 6.07) is 9.78. The van der Waals surface area contributed by atoms with Gasteiger partial charge in [-0.05, 0) is 61.7 Å². The van der Waals surface area contributed by atoms with Gasteiger partial charge in [0.15, 0.2) is 0 Å². The van der Waals surface area contributed by atoms with Gasteiger partial charge in [-0.25, -0.2) is 0 Å². The molecule has 0 saturated heterocycles. The second kappa shape index (κ2) is 9.43. The van der Waals surface area contributed by atoms with Gasteiger partial charge in [0.05, 0.1) is 29.4 Å². The topological polar surface area (TPSA) is 76.7 Å². The molecule has 0 spiro atoms. The number of carbonyl (C=O) groups is 1. The summed E-state index contributed by atoms with van der Waals surface area (Å²) in [5, 5.41) is 2.31. The van der Waals surface area contributed by atoms with Gasteiger partial charge in [-0.15, -0.1) is 0 Å². The van der Waals surface area contributed by atoms with Crippen LogP contribution in [0.25, 0.3) is 0 Å². The Morgan fingerprint density at radius 1 is 1.26 bits per heavy atom. The lowest BCUT2D eigenvalue weighted by Gasteiger charge is -2.27. The number of aliphatic imine (C=N–C) groups is 1. The van der Waals surface area contributed by atoms with Crippen LogP contribution < -0.4 is 15.8 Å². The van der Waals surface area contributed by atoms with Crippen molar-refractivity contribution in [2.75, 3.05) is 7.11 Å². The van der Waals surface area contributed by atoms with Gasteiger partial charge in [-0.2, -0.15) is 13.2 Å². The lowest BCUT2D eigenvalue weighted by atomic mass is 9.88. The SMILES string of the molecule is COc1ccc(N=C2CCCC(NC(=O)c3ccc(Cl)c(C(F)(F)F)c3)/C2=C/N)cc1. The normalized spacial score (nSPS) is 19.5. The van der Waals surface area contributed by atoms with E-state index in [2.05, 4.69) is 10.3 Å². The highest BCUT2D eigenvalue weighted by molar-refractivity contribution is 6.31. The summed E-state index contributed by atoms with van der Waals surface area (Å²) in [7, 11) is 1.57. The Bertz CT molecular complexity index is 1020. The maximum absolute atomic E-state index is 13.1. The number of halogens is 4. The molecule has 1 fully saturated rings. The molecule has 164 valence electrons. The zero-order valence-electron chi connectivity index (χ0n) is 16.7. The lowest BCUT2D eigenvalue weighted by molar-refractivity contribution is -0.137. The largest absolute Gasteiger partial charge is 0.497 e. The van der Waals surface area contributed by atoms with Gasteiger partial charge < -0.3 is 15.8 Å². The van der Waals surface area contributed by atoms with E-state index in [1.807, 2.05) is 0 Å². The van der Waals surface area contributed by atoms with Crippen molar-refractivity contribution in [2.24, 2.45) is 10.7 Å². The van der Waals surface area contributed by atoms with E-state index in [0.717, 1.165) is 24.3 Å². The zero-order valence-corrected chi connectivity index (χ0v) is 17.4. The van der Waals surface area contributed by atoms with Crippen LogP contribution in [0.2, 0.25) is 5.02 Å². The molecule has 1 aliphatic carbocycles. The van der Waals surface area contributed by atoms with Gasteiger partial charge in [0.25, 0.3) is 5.91 Å². The number of benzene rings is 2. The smallest absolute Gasteiger partial charge is 0.417 e. The van der Waals surface area contributed by atoms with Crippen molar-refractivity contribution < 1.29 is 22.7 Å². The predicted molar refractivity (Wildman–Crippen MR) is 114 cm³/mol. The van der Waals surface area contributed by atoms with Crippen LogP contribution in [-0.2, 0) is 6.18 Å². The highest BCUT2D eigenvalue weighted by atomic mass is 35.5. The molecule has 1 saturated carbocycles. The Morgan fingerprint density at radius 2 is 1.97 bits per heavy atom. The molecular weight excluding hydrogens is 431 g/mol. The lowest BCUT2D eigenvalue weighted by Crippen LogP contribution is -2.41. The summed E-state index contributed by atoms with van der Waals surface area (Å²) >= 11 is 5.64. The summed E-state index contributed by atoms with van der Waals surface area (Å²) in [4.78, 5) is 17.3. The maximum atomic E-state index is 13.1. The molecular formula is C22H21ClF3N3O2. The number of nitrogens with zero attached hydrogens (tertiary/aromatic N) is 1. The first-order valence-corrected chi connectivity index (χ1v) is 9.92. The molecule has 1 amide bonds. The van der Waals surface area contributed by atoms with Crippen LogP contribution in [0.15, 0.2) is 59.2 Å².